The Labute approximate surface area is 177 Å². The van der Waals surface area contributed by atoms with Crippen molar-refractivity contribution >= 4 is 33.9 Å². The highest BCUT2D eigenvalue weighted by Gasteiger charge is 2.14. The number of rotatable bonds is 6. The molecule has 0 spiro atoms. The number of halogens is 1. The summed E-state index contributed by atoms with van der Waals surface area (Å²) in [5, 5.41) is 6.10. The normalized spacial score (nSPS) is 12.9. The molecule has 2 heterocycles. The maximum absolute atomic E-state index is 12.4. The van der Waals surface area contributed by atoms with E-state index in [9.17, 15) is 4.79 Å². The van der Waals surface area contributed by atoms with E-state index < -0.39 is 0 Å². The number of aromatic nitrogens is 1. The third-order valence-corrected chi connectivity index (χ3v) is 5.52. The average molecular weight is 431 g/mol. The summed E-state index contributed by atoms with van der Waals surface area (Å²) in [5.74, 6) is 1.94. The first-order valence-electron chi connectivity index (χ1n) is 9.10. The van der Waals surface area contributed by atoms with Crippen LogP contribution >= 0.6 is 22.9 Å². The van der Waals surface area contributed by atoms with E-state index in [4.69, 9.17) is 25.8 Å². The van der Waals surface area contributed by atoms with Crippen LogP contribution in [0.5, 0.6) is 17.2 Å². The highest BCUT2D eigenvalue weighted by atomic mass is 35.5. The zero-order valence-electron chi connectivity index (χ0n) is 15.7. The first-order valence-corrected chi connectivity index (χ1v) is 10.4. The molecule has 0 unspecified atom stereocenters. The molecule has 2 aromatic carbocycles. The SMILES string of the molecule is COc1ccc(C(=O)CNc2nc(-c3ccc4c(c3)OCCCO4)cs2)cc1Cl. The van der Waals surface area contributed by atoms with Crippen LogP contribution in [0.2, 0.25) is 5.02 Å². The molecule has 150 valence electrons. The molecule has 0 aliphatic carbocycles. The molecule has 0 amide bonds. The smallest absolute Gasteiger partial charge is 0.183 e. The number of ether oxygens (including phenoxy) is 3. The van der Waals surface area contributed by atoms with Crippen LogP contribution in [0.1, 0.15) is 16.8 Å². The number of benzene rings is 2. The third-order valence-electron chi connectivity index (χ3n) is 4.42. The van der Waals surface area contributed by atoms with E-state index in [1.165, 1.54) is 18.4 Å². The van der Waals surface area contributed by atoms with Crippen LogP contribution in [0.15, 0.2) is 41.8 Å². The van der Waals surface area contributed by atoms with Gasteiger partial charge in [-0.15, -0.1) is 11.3 Å². The van der Waals surface area contributed by atoms with Crippen molar-refractivity contribution in [2.75, 3.05) is 32.2 Å². The van der Waals surface area contributed by atoms with E-state index in [2.05, 4.69) is 10.3 Å². The van der Waals surface area contributed by atoms with Crippen LogP contribution in [0.3, 0.4) is 0 Å². The van der Waals surface area contributed by atoms with E-state index >= 15 is 0 Å². The third kappa shape index (κ3) is 4.46. The predicted octanol–water partition coefficient (Wildman–Crippen LogP) is 4.93. The van der Waals surface area contributed by atoms with Crippen LogP contribution in [0, 0.1) is 0 Å². The van der Waals surface area contributed by atoms with E-state index in [0.29, 0.717) is 34.7 Å². The van der Waals surface area contributed by atoms with E-state index in [1.807, 2.05) is 23.6 Å². The summed E-state index contributed by atoms with van der Waals surface area (Å²) in [5.41, 5.74) is 2.27. The molecule has 4 rings (SSSR count). The van der Waals surface area contributed by atoms with Gasteiger partial charge in [-0.05, 0) is 36.4 Å². The van der Waals surface area contributed by atoms with E-state index in [1.54, 1.807) is 18.2 Å². The number of nitrogens with zero attached hydrogens (tertiary/aromatic N) is 1. The zero-order chi connectivity index (χ0) is 20.2. The minimum Gasteiger partial charge on any atom is -0.495 e. The second kappa shape index (κ2) is 8.71. The highest BCUT2D eigenvalue weighted by Crippen LogP contribution is 2.35. The van der Waals surface area contributed by atoms with Gasteiger partial charge in [0.1, 0.15) is 5.75 Å². The summed E-state index contributed by atoms with van der Waals surface area (Å²) in [6.45, 7) is 1.42. The number of thiazole rings is 1. The average Bonchev–Trinajstić information content (AvgIpc) is 3.09. The lowest BCUT2D eigenvalue weighted by Crippen LogP contribution is -2.13. The number of carbonyl (C=O) groups excluding carboxylic acids is 1. The lowest BCUT2D eigenvalue weighted by atomic mass is 10.1. The second-order valence-electron chi connectivity index (χ2n) is 6.38. The van der Waals surface area contributed by atoms with Crippen molar-refractivity contribution in [3.63, 3.8) is 0 Å². The zero-order valence-corrected chi connectivity index (χ0v) is 17.3. The molecule has 29 heavy (non-hydrogen) atoms. The van der Waals surface area contributed by atoms with Gasteiger partial charge in [-0.2, -0.15) is 0 Å². The number of ketones is 1. The summed E-state index contributed by atoms with van der Waals surface area (Å²) >= 11 is 7.54. The molecule has 0 saturated carbocycles. The second-order valence-corrected chi connectivity index (χ2v) is 7.64. The van der Waals surface area contributed by atoms with Gasteiger partial charge in [0.25, 0.3) is 0 Å². The molecule has 6 nitrogen and oxygen atoms in total. The monoisotopic (exact) mass is 430 g/mol. The maximum Gasteiger partial charge on any atom is 0.183 e. The van der Waals surface area contributed by atoms with Crippen molar-refractivity contribution in [1.29, 1.82) is 0 Å². The fraction of sp³-hybridized carbons (Fsp3) is 0.238. The predicted molar refractivity (Wildman–Crippen MR) is 114 cm³/mol. The Balaban J connectivity index is 1.42. The standard InChI is InChI=1S/C21H19ClN2O4S/c1-26-18-5-4-14(9-15(18)22)17(25)11-23-21-24-16(12-29-21)13-3-6-19-20(10-13)28-8-2-7-27-19/h3-6,9-10,12H,2,7-8,11H2,1H3,(H,23,24). The lowest BCUT2D eigenvalue weighted by Gasteiger charge is -2.08. The Morgan fingerprint density at radius 1 is 1.21 bits per heavy atom. The van der Waals surface area contributed by atoms with Gasteiger partial charge in [0.05, 0.1) is 37.6 Å². The number of fused-ring (bicyclic) bond motifs is 1. The molecule has 0 bridgehead atoms. The molecule has 8 heteroatoms. The molecule has 1 aromatic heterocycles. The Bertz CT molecular complexity index is 1040. The van der Waals surface area contributed by atoms with Crippen LogP contribution in [-0.2, 0) is 0 Å². The number of carbonyl (C=O) groups is 1. The molecule has 1 aliphatic rings. The molecular formula is C21H19ClN2O4S. The number of hydrogen-bond acceptors (Lipinski definition) is 7. The topological polar surface area (TPSA) is 69.7 Å². The number of methoxy groups -OCH3 is 1. The quantitative estimate of drug-likeness (QED) is 0.559. The fourth-order valence-corrected chi connectivity index (χ4v) is 3.88. The first kappa shape index (κ1) is 19.5. The molecule has 1 N–H and O–H groups in total. The Kier molecular flexibility index (Phi) is 5.87. The van der Waals surface area contributed by atoms with Gasteiger partial charge in [0.15, 0.2) is 22.4 Å². The van der Waals surface area contributed by atoms with Gasteiger partial charge in [-0.3, -0.25) is 4.79 Å². The highest BCUT2D eigenvalue weighted by molar-refractivity contribution is 7.14. The number of Topliss-reactive ketones (excluding diaryl/α,β-unsaturated/α-hetero) is 1. The molecule has 1 aliphatic heterocycles. The number of anilines is 1. The Morgan fingerprint density at radius 3 is 2.83 bits per heavy atom. The minimum atomic E-state index is -0.0816. The van der Waals surface area contributed by atoms with Gasteiger partial charge in [0.2, 0.25) is 0 Å². The fourth-order valence-electron chi connectivity index (χ4n) is 2.91. The number of hydrogen-bond donors (Lipinski definition) is 1. The van der Waals surface area contributed by atoms with Crippen LogP contribution in [0.25, 0.3) is 11.3 Å². The van der Waals surface area contributed by atoms with Crippen molar-refractivity contribution < 1.29 is 19.0 Å². The van der Waals surface area contributed by atoms with E-state index in [0.717, 1.165) is 29.2 Å². The van der Waals surface area contributed by atoms with Gasteiger partial charge >= 0.3 is 0 Å². The van der Waals surface area contributed by atoms with Crippen LogP contribution < -0.4 is 19.5 Å². The summed E-state index contributed by atoms with van der Waals surface area (Å²) in [6, 6.07) is 10.8. The summed E-state index contributed by atoms with van der Waals surface area (Å²) < 4.78 is 16.5. The van der Waals surface area contributed by atoms with Crippen molar-refractivity contribution in [1.82, 2.24) is 4.98 Å². The Morgan fingerprint density at radius 2 is 2.03 bits per heavy atom. The van der Waals surface area contributed by atoms with Crippen LogP contribution in [0.4, 0.5) is 5.13 Å². The van der Waals surface area contributed by atoms with E-state index in [-0.39, 0.29) is 12.3 Å². The van der Waals surface area contributed by atoms with Crippen molar-refractivity contribution in [2.24, 2.45) is 0 Å². The minimum absolute atomic E-state index is 0.0816. The summed E-state index contributed by atoms with van der Waals surface area (Å²) in [4.78, 5) is 17.0. The molecule has 0 radical (unpaired) electrons. The summed E-state index contributed by atoms with van der Waals surface area (Å²) in [6.07, 6.45) is 0.863. The van der Waals surface area contributed by atoms with Gasteiger partial charge in [0, 0.05) is 22.9 Å². The molecular weight excluding hydrogens is 412 g/mol. The first-order chi connectivity index (χ1) is 14.1. The van der Waals surface area contributed by atoms with Gasteiger partial charge in [-0.1, -0.05) is 11.6 Å². The largest absolute Gasteiger partial charge is 0.495 e. The van der Waals surface area contributed by atoms with Gasteiger partial charge < -0.3 is 19.5 Å². The van der Waals surface area contributed by atoms with Crippen molar-refractivity contribution in [2.45, 2.75) is 6.42 Å². The number of nitrogens with one attached hydrogen (secondary N) is 1. The van der Waals surface area contributed by atoms with Crippen molar-refractivity contribution in [3.8, 4) is 28.5 Å². The molecule has 0 saturated heterocycles. The Hall–Kier alpha value is -2.77. The maximum atomic E-state index is 12.4. The molecule has 0 atom stereocenters. The molecule has 3 aromatic rings. The molecule has 0 fully saturated rings. The van der Waals surface area contributed by atoms with Crippen molar-refractivity contribution in [3.05, 3.63) is 52.4 Å². The van der Waals surface area contributed by atoms with Gasteiger partial charge in [-0.25, -0.2) is 4.98 Å². The lowest BCUT2D eigenvalue weighted by molar-refractivity contribution is 0.101. The summed E-state index contributed by atoms with van der Waals surface area (Å²) in [7, 11) is 1.54. The van der Waals surface area contributed by atoms with Crippen LogP contribution in [-0.4, -0.2) is 37.6 Å².